The molecule has 0 saturated heterocycles. The normalized spacial score (nSPS) is 40.7. The van der Waals surface area contributed by atoms with Crippen LogP contribution in [0.4, 0.5) is 0 Å². The van der Waals surface area contributed by atoms with Crippen LogP contribution in [-0.4, -0.2) is 46.1 Å². The zero-order valence-corrected chi connectivity index (χ0v) is 36.7. The highest BCUT2D eigenvalue weighted by Gasteiger charge is 2.57. The van der Waals surface area contributed by atoms with Gasteiger partial charge < -0.3 is 0 Å². The Morgan fingerprint density at radius 1 is 0.214 bits per heavy atom. The van der Waals surface area contributed by atoms with Gasteiger partial charge in [0.2, 0.25) is 0 Å². The van der Waals surface area contributed by atoms with Gasteiger partial charge in [-0.15, -0.1) is 0 Å². The average molecular weight is 767 g/mol. The van der Waals surface area contributed by atoms with E-state index in [1.54, 1.807) is 25.7 Å². The Morgan fingerprint density at radius 3 is 0.750 bits per heavy atom. The first kappa shape index (κ1) is 40.8. The fraction of sp³-hybridized carbons (Fsp3) is 0.926. The van der Waals surface area contributed by atoms with Crippen molar-refractivity contribution in [2.45, 2.75) is 267 Å². The standard InChI is InChI=1S/C54H90N2/c1-5-17-41(18-6-1)29-31-43-33-37-47(38-34-43)55(45-21-9-3-10-22-45)53-49-25-13-15-27-51(49)54(52-28-16-14-26-50(52)53)56(46-23-11-4-12-24-46)48-39-35-44(36-40-48)32-30-42-19-7-2-8-20-42/h29-32,41-54H,1-28,33-40H2/b31-29+,32-30+. The highest BCUT2D eigenvalue weighted by Crippen LogP contribution is 2.57. The largest absolute Gasteiger partial charge is 0.294 e. The molecule has 0 aromatic rings. The summed E-state index contributed by atoms with van der Waals surface area (Å²) < 4.78 is 0. The van der Waals surface area contributed by atoms with Crippen molar-refractivity contribution in [3.05, 3.63) is 24.3 Å². The first-order valence-corrected chi connectivity index (χ1v) is 26.7. The number of nitrogens with zero attached hydrogens (tertiary/aromatic N) is 2. The molecular formula is C54H90N2. The smallest absolute Gasteiger partial charge is 0.0164 e. The molecule has 2 heteroatoms. The second-order valence-electron chi connectivity index (χ2n) is 22.4. The molecule has 0 aromatic carbocycles. The maximum Gasteiger partial charge on any atom is 0.0164 e. The van der Waals surface area contributed by atoms with E-state index in [1.165, 1.54) is 205 Å². The van der Waals surface area contributed by atoms with Gasteiger partial charge in [0.15, 0.2) is 0 Å². The number of hydrogen-bond acceptors (Lipinski definition) is 2. The highest BCUT2D eigenvalue weighted by molar-refractivity contribution is 5.11. The molecule has 9 saturated carbocycles. The first-order chi connectivity index (χ1) is 27.8. The molecule has 2 nitrogen and oxygen atoms in total. The molecule has 0 spiro atoms. The minimum atomic E-state index is 0.865. The van der Waals surface area contributed by atoms with Crippen molar-refractivity contribution in [1.29, 1.82) is 0 Å². The lowest BCUT2D eigenvalue weighted by atomic mass is 9.53. The van der Waals surface area contributed by atoms with Gasteiger partial charge in [-0.2, -0.15) is 0 Å². The maximum absolute atomic E-state index is 3.47. The van der Waals surface area contributed by atoms with Crippen molar-refractivity contribution < 1.29 is 0 Å². The number of fused-ring (bicyclic) bond motifs is 2. The summed E-state index contributed by atoms with van der Waals surface area (Å²) in [4.78, 5) is 6.94. The van der Waals surface area contributed by atoms with Crippen LogP contribution >= 0.6 is 0 Å². The van der Waals surface area contributed by atoms with Gasteiger partial charge in [0.05, 0.1) is 0 Å². The lowest BCUT2D eigenvalue weighted by Crippen LogP contribution is -2.68. The van der Waals surface area contributed by atoms with Crippen molar-refractivity contribution in [3.63, 3.8) is 0 Å². The van der Waals surface area contributed by atoms with E-state index in [0.717, 1.165) is 83.6 Å². The summed E-state index contributed by atoms with van der Waals surface area (Å²) in [6.07, 6.45) is 65.0. The minimum Gasteiger partial charge on any atom is -0.294 e. The molecule has 9 fully saturated rings. The molecule has 9 aliphatic carbocycles. The second-order valence-corrected chi connectivity index (χ2v) is 22.4. The zero-order valence-electron chi connectivity index (χ0n) is 36.7. The van der Waals surface area contributed by atoms with E-state index in [2.05, 4.69) is 34.1 Å². The van der Waals surface area contributed by atoms with E-state index in [1.807, 2.05) is 0 Å². The summed E-state index contributed by atoms with van der Waals surface area (Å²) in [5.41, 5.74) is 0. The van der Waals surface area contributed by atoms with Gasteiger partial charge >= 0.3 is 0 Å². The topological polar surface area (TPSA) is 6.48 Å². The number of hydrogen-bond donors (Lipinski definition) is 0. The summed E-state index contributed by atoms with van der Waals surface area (Å²) in [6.45, 7) is 0. The molecule has 9 rings (SSSR count). The Bertz CT molecular complexity index is 1080. The van der Waals surface area contributed by atoms with Crippen molar-refractivity contribution >= 4 is 0 Å². The lowest BCUT2D eigenvalue weighted by molar-refractivity contribution is -0.147. The third-order valence-corrected chi connectivity index (χ3v) is 19.1. The molecule has 0 bridgehead atoms. The van der Waals surface area contributed by atoms with Crippen molar-refractivity contribution in [1.82, 2.24) is 9.80 Å². The van der Waals surface area contributed by atoms with Crippen LogP contribution in [0, 0.1) is 47.3 Å². The van der Waals surface area contributed by atoms with E-state index in [4.69, 9.17) is 0 Å². The van der Waals surface area contributed by atoms with Crippen LogP contribution in [0.1, 0.15) is 231 Å². The van der Waals surface area contributed by atoms with E-state index < -0.39 is 0 Å². The van der Waals surface area contributed by atoms with Crippen LogP contribution < -0.4 is 0 Å². The van der Waals surface area contributed by atoms with Crippen molar-refractivity contribution in [3.8, 4) is 0 Å². The molecule has 0 amide bonds. The molecule has 0 aliphatic heterocycles. The second kappa shape index (κ2) is 20.3. The van der Waals surface area contributed by atoms with Gasteiger partial charge in [0.1, 0.15) is 0 Å². The van der Waals surface area contributed by atoms with E-state index in [-0.39, 0.29) is 0 Å². The van der Waals surface area contributed by atoms with Crippen molar-refractivity contribution in [2.75, 3.05) is 0 Å². The third-order valence-electron chi connectivity index (χ3n) is 19.1. The summed E-state index contributed by atoms with van der Waals surface area (Å²) in [6, 6.07) is 5.32. The molecule has 0 heterocycles. The highest BCUT2D eigenvalue weighted by atomic mass is 15.3. The molecule has 316 valence electrons. The quantitative estimate of drug-likeness (QED) is 0.204. The van der Waals surface area contributed by atoms with Gasteiger partial charge in [-0.1, -0.05) is 127 Å². The Balaban J connectivity index is 0.966. The molecule has 0 aromatic heterocycles. The van der Waals surface area contributed by atoms with Gasteiger partial charge in [-0.25, -0.2) is 0 Å². The van der Waals surface area contributed by atoms with Gasteiger partial charge in [0.25, 0.3) is 0 Å². The van der Waals surface area contributed by atoms with E-state index in [9.17, 15) is 0 Å². The van der Waals surface area contributed by atoms with Crippen LogP contribution in [0.2, 0.25) is 0 Å². The summed E-state index contributed by atoms with van der Waals surface area (Å²) in [5.74, 6) is 7.41. The van der Waals surface area contributed by atoms with Gasteiger partial charge in [-0.3, -0.25) is 9.80 Å². The molecule has 56 heavy (non-hydrogen) atoms. The molecule has 4 unspecified atom stereocenters. The van der Waals surface area contributed by atoms with Crippen LogP contribution in [-0.2, 0) is 0 Å². The predicted molar refractivity (Wildman–Crippen MR) is 239 cm³/mol. The molecular weight excluding hydrogens is 677 g/mol. The van der Waals surface area contributed by atoms with Crippen LogP contribution in [0.3, 0.4) is 0 Å². The van der Waals surface area contributed by atoms with E-state index >= 15 is 0 Å². The summed E-state index contributed by atoms with van der Waals surface area (Å²) in [5, 5.41) is 0. The predicted octanol–water partition coefficient (Wildman–Crippen LogP) is 15.0. The lowest BCUT2D eigenvalue weighted by Gasteiger charge is -2.64. The van der Waals surface area contributed by atoms with Crippen LogP contribution in [0.15, 0.2) is 24.3 Å². The van der Waals surface area contributed by atoms with E-state index in [0.29, 0.717) is 0 Å². The Morgan fingerprint density at radius 2 is 0.446 bits per heavy atom. The van der Waals surface area contributed by atoms with Crippen LogP contribution in [0.25, 0.3) is 0 Å². The Labute approximate surface area is 347 Å². The zero-order chi connectivity index (χ0) is 37.5. The summed E-state index contributed by atoms with van der Waals surface area (Å²) >= 11 is 0. The fourth-order valence-corrected chi connectivity index (χ4v) is 16.4. The average Bonchev–Trinajstić information content (AvgIpc) is 3.28. The summed E-state index contributed by atoms with van der Waals surface area (Å²) in [7, 11) is 0. The SMILES string of the molecule is C(=C\C1CCC(N(C2CCCCC2)C2C3CCCCC3C(N(C3CCCCC3)C3CCC(/C=C/C4CCCCC4)CC3)C3CCCCC32)CC1)/C1CCCCC1. The number of allylic oxidation sites excluding steroid dienone is 4. The van der Waals surface area contributed by atoms with Gasteiger partial charge in [-0.05, 0) is 176 Å². The Hall–Kier alpha value is -0.600. The van der Waals surface area contributed by atoms with Gasteiger partial charge in [0, 0.05) is 36.3 Å². The third kappa shape index (κ3) is 9.63. The Kier molecular flexibility index (Phi) is 14.8. The minimum absolute atomic E-state index is 0.865. The van der Waals surface area contributed by atoms with Crippen LogP contribution in [0.5, 0.6) is 0 Å². The molecule has 0 N–H and O–H groups in total. The number of rotatable bonds is 10. The molecule has 9 aliphatic rings. The van der Waals surface area contributed by atoms with Crippen molar-refractivity contribution in [2.24, 2.45) is 47.3 Å². The monoisotopic (exact) mass is 767 g/mol. The molecule has 4 atom stereocenters. The molecule has 0 radical (unpaired) electrons. The maximum atomic E-state index is 3.47. The fourth-order valence-electron chi connectivity index (χ4n) is 16.4. The first-order valence-electron chi connectivity index (χ1n) is 26.7.